The van der Waals surface area contributed by atoms with E-state index in [1.165, 1.54) is 11.1 Å². The van der Waals surface area contributed by atoms with Crippen LogP contribution in [0.15, 0.2) is 18.2 Å². The van der Waals surface area contributed by atoms with Gasteiger partial charge in [0.1, 0.15) is 11.4 Å². The second kappa shape index (κ2) is 6.60. The van der Waals surface area contributed by atoms with Crippen LogP contribution in [0, 0.1) is 0 Å². The third-order valence-corrected chi connectivity index (χ3v) is 3.36. The summed E-state index contributed by atoms with van der Waals surface area (Å²) in [6.07, 6.45) is 1.01. The van der Waals surface area contributed by atoms with Gasteiger partial charge in [0.15, 0.2) is 0 Å². The van der Waals surface area contributed by atoms with E-state index in [1.54, 1.807) is 0 Å². The van der Waals surface area contributed by atoms with Crippen molar-refractivity contribution in [3.8, 4) is 5.75 Å². The standard InChI is InChI=1S/C15H24N2O.ClH/c1-15(2)10-12-6-5-7-13(14(12)18-15)11-17(4)9-8-16-3;/h5-7,16H,8-11H2,1-4H3;1H. The van der Waals surface area contributed by atoms with Crippen LogP contribution in [0.1, 0.15) is 25.0 Å². The van der Waals surface area contributed by atoms with Gasteiger partial charge in [-0.15, -0.1) is 12.4 Å². The summed E-state index contributed by atoms with van der Waals surface area (Å²) >= 11 is 0. The second-order valence-corrected chi connectivity index (χ2v) is 5.79. The predicted octanol–water partition coefficient (Wildman–Crippen LogP) is 2.47. The molecule has 2 rings (SSSR count). The molecule has 4 heteroatoms. The van der Waals surface area contributed by atoms with Crippen LogP contribution < -0.4 is 10.1 Å². The number of halogens is 1. The van der Waals surface area contributed by atoms with Crippen molar-refractivity contribution < 1.29 is 4.74 Å². The zero-order valence-electron chi connectivity index (χ0n) is 12.3. The highest BCUT2D eigenvalue weighted by Crippen LogP contribution is 2.37. The molecule has 19 heavy (non-hydrogen) atoms. The average Bonchev–Trinajstić information content (AvgIpc) is 2.62. The molecular weight excluding hydrogens is 260 g/mol. The van der Waals surface area contributed by atoms with Gasteiger partial charge in [0, 0.05) is 31.6 Å². The van der Waals surface area contributed by atoms with Crippen molar-refractivity contribution in [2.75, 3.05) is 27.2 Å². The first-order valence-electron chi connectivity index (χ1n) is 6.65. The van der Waals surface area contributed by atoms with Crippen LogP contribution in [0.4, 0.5) is 0 Å². The summed E-state index contributed by atoms with van der Waals surface area (Å²) in [6.45, 7) is 7.31. The van der Waals surface area contributed by atoms with E-state index in [1.807, 2.05) is 7.05 Å². The Hall–Kier alpha value is -0.770. The Morgan fingerprint density at radius 1 is 1.37 bits per heavy atom. The number of benzene rings is 1. The maximum Gasteiger partial charge on any atom is 0.127 e. The number of hydrogen-bond donors (Lipinski definition) is 1. The third-order valence-electron chi connectivity index (χ3n) is 3.36. The van der Waals surface area contributed by atoms with Gasteiger partial charge in [0.25, 0.3) is 0 Å². The minimum Gasteiger partial charge on any atom is -0.487 e. The number of para-hydroxylation sites is 1. The Morgan fingerprint density at radius 2 is 2.11 bits per heavy atom. The van der Waals surface area contributed by atoms with E-state index < -0.39 is 0 Å². The molecular formula is C15H25ClN2O. The van der Waals surface area contributed by atoms with Crippen LogP contribution in [0.3, 0.4) is 0 Å². The molecule has 1 N–H and O–H groups in total. The third kappa shape index (κ3) is 4.10. The predicted molar refractivity (Wildman–Crippen MR) is 82.4 cm³/mol. The van der Waals surface area contributed by atoms with Crippen molar-refractivity contribution >= 4 is 12.4 Å². The van der Waals surface area contributed by atoms with Gasteiger partial charge >= 0.3 is 0 Å². The van der Waals surface area contributed by atoms with E-state index in [4.69, 9.17) is 4.74 Å². The van der Waals surface area contributed by atoms with Crippen LogP contribution >= 0.6 is 12.4 Å². The summed E-state index contributed by atoms with van der Waals surface area (Å²) in [7, 11) is 4.14. The molecule has 0 fully saturated rings. The summed E-state index contributed by atoms with van der Waals surface area (Å²) in [4.78, 5) is 2.32. The maximum absolute atomic E-state index is 6.09. The van der Waals surface area contributed by atoms with Gasteiger partial charge in [-0.25, -0.2) is 0 Å². The van der Waals surface area contributed by atoms with Crippen LogP contribution in [0.5, 0.6) is 5.75 Å². The van der Waals surface area contributed by atoms with E-state index in [0.717, 1.165) is 31.8 Å². The van der Waals surface area contributed by atoms with Gasteiger partial charge in [-0.2, -0.15) is 0 Å². The molecule has 0 radical (unpaired) electrons. The van der Waals surface area contributed by atoms with Gasteiger partial charge in [-0.3, -0.25) is 0 Å². The lowest BCUT2D eigenvalue weighted by Gasteiger charge is -2.21. The first-order valence-corrected chi connectivity index (χ1v) is 6.65. The zero-order chi connectivity index (χ0) is 13.2. The average molecular weight is 285 g/mol. The number of nitrogens with one attached hydrogen (secondary N) is 1. The highest BCUT2D eigenvalue weighted by atomic mass is 35.5. The molecule has 0 spiro atoms. The van der Waals surface area contributed by atoms with Gasteiger partial charge < -0.3 is 15.0 Å². The molecule has 0 saturated heterocycles. The van der Waals surface area contributed by atoms with Gasteiger partial charge in [0.2, 0.25) is 0 Å². The summed E-state index contributed by atoms with van der Waals surface area (Å²) in [5.41, 5.74) is 2.60. The minimum atomic E-state index is -0.0536. The molecule has 3 nitrogen and oxygen atoms in total. The summed E-state index contributed by atoms with van der Waals surface area (Å²) in [5, 5.41) is 3.18. The summed E-state index contributed by atoms with van der Waals surface area (Å²) in [5.74, 6) is 1.11. The van der Waals surface area contributed by atoms with Gasteiger partial charge in [-0.1, -0.05) is 18.2 Å². The Balaban J connectivity index is 0.00000180. The molecule has 0 amide bonds. The fourth-order valence-corrected chi connectivity index (χ4v) is 2.48. The summed E-state index contributed by atoms with van der Waals surface area (Å²) < 4.78 is 6.09. The molecule has 108 valence electrons. The van der Waals surface area contributed by atoms with Crippen LogP contribution in [-0.4, -0.2) is 37.7 Å². The number of likely N-dealkylation sites (N-methyl/N-ethyl adjacent to an activating group) is 2. The number of rotatable bonds is 5. The molecule has 0 saturated carbocycles. The maximum atomic E-state index is 6.09. The SMILES string of the molecule is CNCCN(C)Cc1cccc2c1OC(C)(C)C2.Cl. The van der Waals surface area contributed by atoms with Crippen molar-refractivity contribution in [3.63, 3.8) is 0 Å². The fraction of sp³-hybridized carbons (Fsp3) is 0.600. The number of ether oxygens (including phenoxy) is 1. The number of hydrogen-bond acceptors (Lipinski definition) is 3. The largest absolute Gasteiger partial charge is 0.487 e. The molecule has 0 aromatic heterocycles. The molecule has 0 bridgehead atoms. The van der Waals surface area contributed by atoms with Crippen molar-refractivity contribution in [2.24, 2.45) is 0 Å². The highest BCUT2D eigenvalue weighted by molar-refractivity contribution is 5.85. The lowest BCUT2D eigenvalue weighted by molar-refractivity contribution is 0.136. The van der Waals surface area contributed by atoms with E-state index >= 15 is 0 Å². The normalized spacial score (nSPS) is 15.8. The Bertz CT molecular complexity index is 421. The molecule has 1 heterocycles. The summed E-state index contributed by atoms with van der Waals surface area (Å²) in [6, 6.07) is 6.50. The smallest absolute Gasteiger partial charge is 0.127 e. The van der Waals surface area contributed by atoms with Crippen molar-refractivity contribution in [3.05, 3.63) is 29.3 Å². The number of fused-ring (bicyclic) bond motifs is 1. The van der Waals surface area contributed by atoms with E-state index in [-0.39, 0.29) is 18.0 Å². The molecule has 0 unspecified atom stereocenters. The highest BCUT2D eigenvalue weighted by Gasteiger charge is 2.31. The van der Waals surface area contributed by atoms with Crippen molar-refractivity contribution in [2.45, 2.75) is 32.4 Å². The van der Waals surface area contributed by atoms with Crippen LogP contribution in [0.2, 0.25) is 0 Å². The minimum absolute atomic E-state index is 0. The topological polar surface area (TPSA) is 24.5 Å². The second-order valence-electron chi connectivity index (χ2n) is 5.79. The molecule has 1 aliphatic heterocycles. The van der Waals surface area contributed by atoms with E-state index in [9.17, 15) is 0 Å². The molecule has 1 aromatic rings. The van der Waals surface area contributed by atoms with E-state index in [0.29, 0.717) is 0 Å². The Labute approximate surface area is 122 Å². The zero-order valence-corrected chi connectivity index (χ0v) is 13.1. The van der Waals surface area contributed by atoms with E-state index in [2.05, 4.69) is 49.3 Å². The first kappa shape index (κ1) is 16.3. The lowest BCUT2D eigenvalue weighted by Crippen LogP contribution is -2.27. The monoisotopic (exact) mass is 284 g/mol. The molecule has 0 aliphatic carbocycles. The Kier molecular flexibility index (Phi) is 5.65. The molecule has 1 aromatic carbocycles. The fourth-order valence-electron chi connectivity index (χ4n) is 2.48. The van der Waals surface area contributed by atoms with Gasteiger partial charge in [0.05, 0.1) is 0 Å². The molecule has 0 atom stereocenters. The molecule has 1 aliphatic rings. The van der Waals surface area contributed by atoms with Crippen molar-refractivity contribution in [1.82, 2.24) is 10.2 Å². The van der Waals surface area contributed by atoms with Gasteiger partial charge in [-0.05, 0) is 33.5 Å². The quantitative estimate of drug-likeness (QED) is 0.899. The number of nitrogens with zero attached hydrogens (tertiary/aromatic N) is 1. The first-order chi connectivity index (χ1) is 8.52. The Morgan fingerprint density at radius 3 is 2.79 bits per heavy atom. The van der Waals surface area contributed by atoms with Crippen LogP contribution in [-0.2, 0) is 13.0 Å². The van der Waals surface area contributed by atoms with Crippen LogP contribution in [0.25, 0.3) is 0 Å². The lowest BCUT2D eigenvalue weighted by atomic mass is 10.0. The van der Waals surface area contributed by atoms with Crippen molar-refractivity contribution in [1.29, 1.82) is 0 Å².